The third-order valence-electron chi connectivity index (χ3n) is 4.20. The first-order valence-corrected chi connectivity index (χ1v) is 6.95. The summed E-state index contributed by atoms with van der Waals surface area (Å²) in [6.07, 6.45) is 2.43. The maximum absolute atomic E-state index is 14.4. The van der Waals surface area contributed by atoms with Crippen molar-refractivity contribution in [3.8, 4) is 0 Å². The largest absolute Gasteiger partial charge is 0.316 e. The highest BCUT2D eigenvalue weighted by molar-refractivity contribution is 5.27. The van der Waals surface area contributed by atoms with Crippen molar-refractivity contribution in [2.75, 3.05) is 19.6 Å². The van der Waals surface area contributed by atoms with Crippen molar-refractivity contribution < 1.29 is 4.39 Å². The summed E-state index contributed by atoms with van der Waals surface area (Å²) in [7, 11) is 0. The van der Waals surface area contributed by atoms with Crippen molar-refractivity contribution >= 4 is 0 Å². The Balaban J connectivity index is 1.48. The van der Waals surface area contributed by atoms with Gasteiger partial charge in [-0.25, -0.2) is 4.39 Å². The molecule has 0 spiro atoms. The van der Waals surface area contributed by atoms with Gasteiger partial charge in [0.15, 0.2) is 0 Å². The Morgan fingerprint density at radius 2 is 1.94 bits per heavy atom. The Labute approximate surface area is 108 Å². The second kappa shape index (κ2) is 4.98. The molecule has 1 heterocycles. The minimum Gasteiger partial charge on any atom is -0.316 e. The summed E-state index contributed by atoms with van der Waals surface area (Å²) in [5.74, 6) is 0.594. The van der Waals surface area contributed by atoms with Crippen molar-refractivity contribution in [3.63, 3.8) is 0 Å². The van der Waals surface area contributed by atoms with Gasteiger partial charge in [0.25, 0.3) is 0 Å². The van der Waals surface area contributed by atoms with E-state index in [9.17, 15) is 4.39 Å². The molecular formula is C15H21FN2. The van der Waals surface area contributed by atoms with Crippen molar-refractivity contribution in [1.29, 1.82) is 0 Å². The Morgan fingerprint density at radius 1 is 1.22 bits per heavy atom. The normalized spacial score (nSPS) is 30.1. The molecule has 2 fully saturated rings. The summed E-state index contributed by atoms with van der Waals surface area (Å²) in [6.45, 7) is 2.14. The van der Waals surface area contributed by atoms with Gasteiger partial charge in [-0.2, -0.15) is 0 Å². The first-order chi connectivity index (χ1) is 8.77. The lowest BCUT2D eigenvalue weighted by Crippen LogP contribution is -2.46. The predicted octanol–water partition coefficient (Wildman–Crippen LogP) is 2.22. The second-order valence-electron chi connectivity index (χ2n) is 5.64. The fraction of sp³-hybridized carbons (Fsp3) is 0.600. The molecule has 3 rings (SSSR count). The highest BCUT2D eigenvalue weighted by Gasteiger charge is 2.40. The van der Waals surface area contributed by atoms with Crippen LogP contribution in [0, 0.1) is 0 Å². The third kappa shape index (κ3) is 2.73. The molecule has 1 aromatic rings. The van der Waals surface area contributed by atoms with E-state index < -0.39 is 5.67 Å². The predicted molar refractivity (Wildman–Crippen MR) is 71.5 cm³/mol. The topological polar surface area (TPSA) is 24.1 Å². The molecule has 0 aromatic heterocycles. The zero-order valence-corrected chi connectivity index (χ0v) is 10.7. The average Bonchev–Trinajstić information content (AvgIpc) is 3.18. The van der Waals surface area contributed by atoms with Gasteiger partial charge in [-0.3, -0.25) is 0 Å². The number of alkyl halides is 1. The SMILES string of the molecule is FC1(CN[C@@H]2C[C@H]2c2ccccc2)CCNCC1. The van der Waals surface area contributed by atoms with Gasteiger partial charge in [0.05, 0.1) is 0 Å². The van der Waals surface area contributed by atoms with E-state index in [4.69, 9.17) is 0 Å². The van der Waals surface area contributed by atoms with Crippen molar-refractivity contribution in [2.24, 2.45) is 0 Å². The first-order valence-electron chi connectivity index (χ1n) is 6.95. The molecule has 3 heteroatoms. The summed E-state index contributed by atoms with van der Waals surface area (Å²) in [5, 5.41) is 6.62. The summed E-state index contributed by atoms with van der Waals surface area (Å²) >= 11 is 0. The van der Waals surface area contributed by atoms with Crippen molar-refractivity contribution in [3.05, 3.63) is 35.9 Å². The van der Waals surface area contributed by atoms with Gasteiger partial charge in [0.1, 0.15) is 5.67 Å². The van der Waals surface area contributed by atoms with E-state index in [0.717, 1.165) is 19.5 Å². The van der Waals surface area contributed by atoms with Crippen LogP contribution >= 0.6 is 0 Å². The lowest BCUT2D eigenvalue weighted by molar-refractivity contribution is 0.113. The quantitative estimate of drug-likeness (QED) is 0.854. The number of rotatable bonds is 4. The molecule has 1 aromatic carbocycles. The molecule has 2 N–H and O–H groups in total. The molecule has 1 saturated heterocycles. The van der Waals surface area contributed by atoms with Crippen LogP contribution in [0.4, 0.5) is 4.39 Å². The molecule has 2 atom stereocenters. The fourth-order valence-electron chi connectivity index (χ4n) is 2.85. The number of hydrogen-bond acceptors (Lipinski definition) is 2. The molecule has 0 unspecified atom stereocenters. The Bertz CT molecular complexity index is 387. The molecule has 1 aliphatic carbocycles. The van der Waals surface area contributed by atoms with Crippen LogP contribution in [0.15, 0.2) is 30.3 Å². The molecule has 0 radical (unpaired) electrons. The van der Waals surface area contributed by atoms with Crippen LogP contribution in [0.25, 0.3) is 0 Å². The molecule has 1 aliphatic heterocycles. The highest BCUT2D eigenvalue weighted by atomic mass is 19.1. The smallest absolute Gasteiger partial charge is 0.125 e. The van der Waals surface area contributed by atoms with E-state index in [0.29, 0.717) is 31.3 Å². The van der Waals surface area contributed by atoms with Gasteiger partial charge >= 0.3 is 0 Å². The van der Waals surface area contributed by atoms with Gasteiger partial charge in [0, 0.05) is 18.5 Å². The molecule has 2 aliphatic rings. The van der Waals surface area contributed by atoms with Crippen LogP contribution in [0.5, 0.6) is 0 Å². The first kappa shape index (κ1) is 12.1. The standard InChI is InChI=1S/C15H21FN2/c16-15(6-8-17-9-7-15)11-18-14-10-13(14)12-4-2-1-3-5-12/h1-5,13-14,17-18H,6-11H2/t13-,14+/m0/s1. The zero-order chi connectivity index (χ0) is 12.4. The lowest BCUT2D eigenvalue weighted by Gasteiger charge is -2.30. The van der Waals surface area contributed by atoms with Crippen LogP contribution in [-0.4, -0.2) is 31.3 Å². The van der Waals surface area contributed by atoms with Crippen molar-refractivity contribution in [1.82, 2.24) is 10.6 Å². The minimum absolute atomic E-state index is 0.481. The zero-order valence-electron chi connectivity index (χ0n) is 10.7. The van der Waals surface area contributed by atoms with Crippen LogP contribution in [-0.2, 0) is 0 Å². The maximum atomic E-state index is 14.4. The van der Waals surface area contributed by atoms with Crippen LogP contribution in [0.2, 0.25) is 0 Å². The van der Waals surface area contributed by atoms with Crippen LogP contribution in [0.3, 0.4) is 0 Å². The number of piperidine rings is 1. The van der Waals surface area contributed by atoms with E-state index >= 15 is 0 Å². The molecule has 0 bridgehead atoms. The number of nitrogens with one attached hydrogen (secondary N) is 2. The van der Waals surface area contributed by atoms with Gasteiger partial charge in [-0.05, 0) is 37.9 Å². The van der Waals surface area contributed by atoms with E-state index in [1.807, 2.05) is 6.07 Å². The Morgan fingerprint density at radius 3 is 2.67 bits per heavy atom. The molecule has 98 valence electrons. The molecule has 18 heavy (non-hydrogen) atoms. The fourth-order valence-corrected chi connectivity index (χ4v) is 2.85. The molecule has 1 saturated carbocycles. The van der Waals surface area contributed by atoms with Gasteiger partial charge in [0.2, 0.25) is 0 Å². The molecular weight excluding hydrogens is 227 g/mol. The number of halogens is 1. The summed E-state index contributed by atoms with van der Waals surface area (Å²) in [6, 6.07) is 11.0. The summed E-state index contributed by atoms with van der Waals surface area (Å²) < 4.78 is 14.4. The van der Waals surface area contributed by atoms with Crippen LogP contribution < -0.4 is 10.6 Å². The van der Waals surface area contributed by atoms with E-state index in [1.54, 1.807) is 0 Å². The van der Waals surface area contributed by atoms with Crippen LogP contribution in [0.1, 0.15) is 30.7 Å². The maximum Gasteiger partial charge on any atom is 0.125 e. The monoisotopic (exact) mass is 248 g/mol. The number of hydrogen-bond donors (Lipinski definition) is 2. The van der Waals surface area contributed by atoms with E-state index in [-0.39, 0.29) is 0 Å². The summed E-state index contributed by atoms with van der Waals surface area (Å²) in [5.41, 5.74) is 0.392. The Hall–Kier alpha value is -0.930. The van der Waals surface area contributed by atoms with Gasteiger partial charge in [-0.15, -0.1) is 0 Å². The summed E-state index contributed by atoms with van der Waals surface area (Å²) in [4.78, 5) is 0. The van der Waals surface area contributed by atoms with Crippen molar-refractivity contribution in [2.45, 2.75) is 36.9 Å². The third-order valence-corrected chi connectivity index (χ3v) is 4.20. The second-order valence-corrected chi connectivity index (χ2v) is 5.64. The van der Waals surface area contributed by atoms with E-state index in [1.165, 1.54) is 5.56 Å². The average molecular weight is 248 g/mol. The van der Waals surface area contributed by atoms with Gasteiger partial charge < -0.3 is 10.6 Å². The minimum atomic E-state index is -0.991. The lowest BCUT2D eigenvalue weighted by atomic mass is 9.94. The Kier molecular flexibility index (Phi) is 3.35. The molecule has 2 nitrogen and oxygen atoms in total. The molecule has 0 amide bonds. The van der Waals surface area contributed by atoms with E-state index in [2.05, 4.69) is 34.9 Å². The van der Waals surface area contributed by atoms with Gasteiger partial charge in [-0.1, -0.05) is 30.3 Å². The highest BCUT2D eigenvalue weighted by Crippen LogP contribution is 2.41. The number of benzene rings is 1.